The van der Waals surface area contributed by atoms with Crippen molar-refractivity contribution in [3.05, 3.63) is 23.8 Å². The van der Waals surface area contributed by atoms with Gasteiger partial charge in [0.1, 0.15) is 5.75 Å². The first-order chi connectivity index (χ1) is 6.77. The average molecular weight is 191 g/mol. The molecule has 0 radical (unpaired) electrons. The zero-order valence-corrected chi connectivity index (χ0v) is 8.84. The van der Waals surface area contributed by atoms with E-state index >= 15 is 0 Å². The van der Waals surface area contributed by atoms with E-state index in [1.54, 1.807) is 0 Å². The summed E-state index contributed by atoms with van der Waals surface area (Å²) in [6, 6.07) is 6.29. The second-order valence-electron chi connectivity index (χ2n) is 3.99. The van der Waals surface area contributed by atoms with Gasteiger partial charge in [-0.1, -0.05) is 12.1 Å². The standard InChI is InChI=1S/C12H17NO/c1-9(2)14-11-7-3-5-10-6-4-8-13-12(10)11/h3,5,7,9,13H,4,6,8H2,1-2H3. The molecule has 0 saturated carbocycles. The van der Waals surface area contributed by atoms with Crippen molar-refractivity contribution < 1.29 is 4.74 Å². The highest BCUT2D eigenvalue weighted by molar-refractivity contribution is 5.63. The maximum Gasteiger partial charge on any atom is 0.143 e. The summed E-state index contributed by atoms with van der Waals surface area (Å²) >= 11 is 0. The van der Waals surface area contributed by atoms with E-state index in [0.29, 0.717) is 0 Å². The van der Waals surface area contributed by atoms with E-state index in [0.717, 1.165) is 18.7 Å². The third-order valence-corrected chi connectivity index (χ3v) is 2.40. The van der Waals surface area contributed by atoms with Crippen molar-refractivity contribution in [3.63, 3.8) is 0 Å². The SMILES string of the molecule is CC(C)Oc1cccc2c1NCCC2. The van der Waals surface area contributed by atoms with Gasteiger partial charge in [0.2, 0.25) is 0 Å². The van der Waals surface area contributed by atoms with Gasteiger partial charge in [-0.25, -0.2) is 0 Å². The molecule has 0 saturated heterocycles. The molecule has 1 heterocycles. The van der Waals surface area contributed by atoms with Gasteiger partial charge < -0.3 is 10.1 Å². The fourth-order valence-electron chi connectivity index (χ4n) is 1.83. The molecule has 0 bridgehead atoms. The van der Waals surface area contributed by atoms with Gasteiger partial charge in [0.05, 0.1) is 11.8 Å². The zero-order chi connectivity index (χ0) is 9.97. The molecule has 1 N–H and O–H groups in total. The lowest BCUT2D eigenvalue weighted by molar-refractivity contribution is 0.243. The molecular formula is C12H17NO. The number of hydrogen-bond donors (Lipinski definition) is 1. The predicted molar refractivity (Wildman–Crippen MR) is 59.0 cm³/mol. The van der Waals surface area contributed by atoms with Crippen LogP contribution in [-0.4, -0.2) is 12.6 Å². The number of aryl methyl sites for hydroxylation is 1. The van der Waals surface area contributed by atoms with E-state index in [-0.39, 0.29) is 6.10 Å². The van der Waals surface area contributed by atoms with Gasteiger partial charge in [-0.3, -0.25) is 0 Å². The molecule has 2 nitrogen and oxygen atoms in total. The number of anilines is 1. The molecule has 0 amide bonds. The Hall–Kier alpha value is -1.18. The van der Waals surface area contributed by atoms with Gasteiger partial charge in [0, 0.05) is 6.54 Å². The van der Waals surface area contributed by atoms with Crippen molar-refractivity contribution in [1.82, 2.24) is 0 Å². The smallest absolute Gasteiger partial charge is 0.143 e. The third kappa shape index (κ3) is 1.84. The van der Waals surface area contributed by atoms with Crippen LogP contribution in [0.2, 0.25) is 0 Å². The third-order valence-electron chi connectivity index (χ3n) is 2.40. The number of benzene rings is 1. The molecule has 0 aliphatic carbocycles. The highest BCUT2D eigenvalue weighted by atomic mass is 16.5. The number of rotatable bonds is 2. The Kier molecular flexibility index (Phi) is 2.62. The number of nitrogens with one attached hydrogen (secondary N) is 1. The van der Waals surface area contributed by atoms with E-state index in [1.807, 2.05) is 6.07 Å². The Morgan fingerprint density at radius 2 is 2.21 bits per heavy atom. The summed E-state index contributed by atoms with van der Waals surface area (Å²) < 4.78 is 5.75. The van der Waals surface area contributed by atoms with Crippen molar-refractivity contribution in [1.29, 1.82) is 0 Å². The Balaban J connectivity index is 2.30. The molecule has 0 fully saturated rings. The predicted octanol–water partition coefficient (Wildman–Crippen LogP) is 2.83. The molecular weight excluding hydrogens is 174 g/mol. The molecule has 76 valence electrons. The lowest BCUT2D eigenvalue weighted by Gasteiger charge is -2.22. The highest BCUT2D eigenvalue weighted by Gasteiger charge is 2.13. The van der Waals surface area contributed by atoms with Gasteiger partial charge in [-0.05, 0) is 38.3 Å². The second-order valence-corrected chi connectivity index (χ2v) is 3.99. The van der Waals surface area contributed by atoms with E-state index in [9.17, 15) is 0 Å². The van der Waals surface area contributed by atoms with Crippen LogP contribution in [0.1, 0.15) is 25.8 Å². The topological polar surface area (TPSA) is 21.3 Å². The van der Waals surface area contributed by atoms with Crippen LogP contribution >= 0.6 is 0 Å². The summed E-state index contributed by atoms with van der Waals surface area (Å²) in [5.41, 5.74) is 2.59. The molecule has 2 rings (SSSR count). The Morgan fingerprint density at radius 1 is 1.36 bits per heavy atom. The molecule has 1 aliphatic heterocycles. The summed E-state index contributed by atoms with van der Waals surface area (Å²) in [6.07, 6.45) is 2.63. The number of fused-ring (bicyclic) bond motifs is 1. The van der Waals surface area contributed by atoms with Crippen molar-refractivity contribution in [3.8, 4) is 5.75 Å². The minimum Gasteiger partial charge on any atom is -0.489 e. The highest BCUT2D eigenvalue weighted by Crippen LogP contribution is 2.32. The van der Waals surface area contributed by atoms with Crippen LogP contribution in [0.15, 0.2) is 18.2 Å². The van der Waals surface area contributed by atoms with Crippen LogP contribution in [-0.2, 0) is 6.42 Å². The normalized spacial score (nSPS) is 14.8. The summed E-state index contributed by atoms with van der Waals surface area (Å²) in [6.45, 7) is 5.18. The van der Waals surface area contributed by atoms with Crippen LogP contribution in [0.25, 0.3) is 0 Å². The molecule has 1 aromatic rings. The van der Waals surface area contributed by atoms with Crippen LogP contribution in [0.4, 0.5) is 5.69 Å². The molecule has 1 aliphatic rings. The Morgan fingerprint density at radius 3 is 3.00 bits per heavy atom. The number of para-hydroxylation sites is 1. The van der Waals surface area contributed by atoms with Crippen molar-refractivity contribution in [2.24, 2.45) is 0 Å². The lowest BCUT2D eigenvalue weighted by Crippen LogP contribution is -2.15. The van der Waals surface area contributed by atoms with Gasteiger partial charge >= 0.3 is 0 Å². The molecule has 0 spiro atoms. The maximum atomic E-state index is 5.75. The quantitative estimate of drug-likeness (QED) is 0.776. The maximum absolute atomic E-state index is 5.75. The Labute approximate surface area is 85.3 Å². The van der Waals surface area contributed by atoms with Gasteiger partial charge in [0.15, 0.2) is 0 Å². The van der Waals surface area contributed by atoms with Gasteiger partial charge in [-0.15, -0.1) is 0 Å². The van der Waals surface area contributed by atoms with E-state index < -0.39 is 0 Å². The first-order valence-electron chi connectivity index (χ1n) is 5.30. The fourth-order valence-corrected chi connectivity index (χ4v) is 1.83. The molecule has 0 atom stereocenters. The molecule has 2 heteroatoms. The Bertz CT molecular complexity index is 320. The zero-order valence-electron chi connectivity index (χ0n) is 8.84. The lowest BCUT2D eigenvalue weighted by atomic mass is 10.0. The molecule has 0 unspecified atom stereocenters. The molecule has 14 heavy (non-hydrogen) atoms. The van der Waals surface area contributed by atoms with Crippen molar-refractivity contribution in [2.45, 2.75) is 32.8 Å². The molecule has 0 aromatic heterocycles. The molecule has 1 aromatic carbocycles. The first-order valence-corrected chi connectivity index (χ1v) is 5.30. The van der Waals surface area contributed by atoms with Gasteiger partial charge in [0.25, 0.3) is 0 Å². The summed E-state index contributed by atoms with van der Waals surface area (Å²) in [7, 11) is 0. The number of hydrogen-bond acceptors (Lipinski definition) is 2. The van der Waals surface area contributed by atoms with E-state index in [4.69, 9.17) is 4.74 Å². The number of ether oxygens (including phenoxy) is 1. The van der Waals surface area contributed by atoms with E-state index in [2.05, 4.69) is 31.3 Å². The average Bonchev–Trinajstić information content (AvgIpc) is 2.18. The summed E-state index contributed by atoms with van der Waals surface area (Å²) in [5, 5.41) is 3.41. The summed E-state index contributed by atoms with van der Waals surface area (Å²) in [5.74, 6) is 0.997. The van der Waals surface area contributed by atoms with Crippen molar-refractivity contribution in [2.75, 3.05) is 11.9 Å². The van der Waals surface area contributed by atoms with Crippen LogP contribution in [0.5, 0.6) is 5.75 Å². The largest absolute Gasteiger partial charge is 0.489 e. The monoisotopic (exact) mass is 191 g/mol. The van der Waals surface area contributed by atoms with Crippen molar-refractivity contribution >= 4 is 5.69 Å². The van der Waals surface area contributed by atoms with E-state index in [1.165, 1.54) is 17.7 Å². The van der Waals surface area contributed by atoms with Gasteiger partial charge in [-0.2, -0.15) is 0 Å². The minimum atomic E-state index is 0.241. The van der Waals surface area contributed by atoms with Crippen LogP contribution < -0.4 is 10.1 Å². The fraction of sp³-hybridized carbons (Fsp3) is 0.500. The first kappa shape index (κ1) is 9.38. The minimum absolute atomic E-state index is 0.241. The van der Waals surface area contributed by atoms with Crippen LogP contribution in [0, 0.1) is 0 Å². The summed E-state index contributed by atoms with van der Waals surface area (Å²) in [4.78, 5) is 0. The van der Waals surface area contributed by atoms with Crippen LogP contribution in [0.3, 0.4) is 0 Å². The second kappa shape index (κ2) is 3.91.